The lowest BCUT2D eigenvalue weighted by Gasteiger charge is -2.14. The van der Waals surface area contributed by atoms with Crippen molar-refractivity contribution in [2.24, 2.45) is 0 Å². The second kappa shape index (κ2) is 9.40. The fraction of sp³-hybridized carbons (Fsp3) is 0.136. The van der Waals surface area contributed by atoms with Gasteiger partial charge in [0.05, 0.1) is 14.2 Å². The van der Waals surface area contributed by atoms with E-state index in [0.29, 0.717) is 22.3 Å². The molecule has 1 N–H and O–H groups in total. The minimum Gasteiger partial charge on any atom is -0.497 e. The van der Waals surface area contributed by atoms with Crippen molar-refractivity contribution in [2.45, 2.75) is 10.9 Å². The van der Waals surface area contributed by atoms with Crippen LogP contribution in [0.1, 0.15) is 5.56 Å². The lowest BCUT2D eigenvalue weighted by molar-refractivity contribution is 0.414. The number of anilines is 2. The summed E-state index contributed by atoms with van der Waals surface area (Å²) in [6.45, 7) is 0. The number of hydrogen-bond acceptors (Lipinski definition) is 7. The predicted molar refractivity (Wildman–Crippen MR) is 120 cm³/mol. The zero-order valence-electron chi connectivity index (χ0n) is 17.1. The maximum atomic E-state index is 13.3. The van der Waals surface area contributed by atoms with E-state index in [9.17, 15) is 4.79 Å². The zero-order valence-corrected chi connectivity index (χ0v) is 17.9. The van der Waals surface area contributed by atoms with Crippen LogP contribution in [0, 0.1) is 0 Å². The second-order valence-corrected chi connectivity index (χ2v) is 7.45. The van der Waals surface area contributed by atoms with Crippen LogP contribution in [0.25, 0.3) is 0 Å². The molecule has 0 radical (unpaired) electrons. The van der Waals surface area contributed by atoms with E-state index in [1.165, 1.54) is 16.4 Å². The maximum absolute atomic E-state index is 13.3. The van der Waals surface area contributed by atoms with Crippen LogP contribution < -0.4 is 20.3 Å². The molecular formula is C22H21N5O3S. The third kappa shape index (κ3) is 4.72. The fourth-order valence-corrected chi connectivity index (χ4v) is 3.79. The molecule has 0 fully saturated rings. The SMILES string of the molecule is COc1ccc(CSc2nnc(Nc3cccc(OC)c3)c(=O)n2-n2cccc2)cc1. The zero-order chi connectivity index (χ0) is 21.6. The van der Waals surface area contributed by atoms with E-state index in [1.807, 2.05) is 54.6 Å². The molecule has 31 heavy (non-hydrogen) atoms. The van der Waals surface area contributed by atoms with Gasteiger partial charge in [0, 0.05) is 29.9 Å². The second-order valence-electron chi connectivity index (χ2n) is 6.50. The van der Waals surface area contributed by atoms with Gasteiger partial charge in [-0.25, -0.2) is 0 Å². The van der Waals surface area contributed by atoms with Gasteiger partial charge in [-0.05, 0) is 42.0 Å². The summed E-state index contributed by atoms with van der Waals surface area (Å²) in [5.41, 5.74) is 1.45. The maximum Gasteiger partial charge on any atom is 0.316 e. The molecule has 0 spiro atoms. The van der Waals surface area contributed by atoms with Crippen molar-refractivity contribution in [1.82, 2.24) is 19.5 Å². The molecule has 2 heterocycles. The highest BCUT2D eigenvalue weighted by Gasteiger charge is 2.15. The molecule has 0 saturated heterocycles. The summed E-state index contributed by atoms with van der Waals surface area (Å²) in [4.78, 5) is 13.3. The van der Waals surface area contributed by atoms with Crippen molar-refractivity contribution in [3.05, 3.63) is 89.0 Å². The van der Waals surface area contributed by atoms with Crippen LogP contribution in [-0.2, 0) is 5.75 Å². The van der Waals surface area contributed by atoms with Gasteiger partial charge in [0.1, 0.15) is 11.5 Å². The number of thioether (sulfide) groups is 1. The first kappa shape index (κ1) is 20.5. The molecule has 0 amide bonds. The Morgan fingerprint density at radius 2 is 1.68 bits per heavy atom. The van der Waals surface area contributed by atoms with Crippen molar-refractivity contribution < 1.29 is 9.47 Å². The molecule has 0 unspecified atom stereocenters. The fourth-order valence-electron chi connectivity index (χ4n) is 2.90. The van der Waals surface area contributed by atoms with Crippen LogP contribution >= 0.6 is 11.8 Å². The number of methoxy groups -OCH3 is 2. The average molecular weight is 436 g/mol. The van der Waals surface area contributed by atoms with Crippen LogP contribution in [0.4, 0.5) is 11.5 Å². The van der Waals surface area contributed by atoms with Crippen molar-refractivity contribution in [2.75, 3.05) is 19.5 Å². The van der Waals surface area contributed by atoms with Crippen molar-refractivity contribution >= 4 is 23.3 Å². The summed E-state index contributed by atoms with van der Waals surface area (Å²) < 4.78 is 13.6. The van der Waals surface area contributed by atoms with Gasteiger partial charge in [0.15, 0.2) is 0 Å². The number of benzene rings is 2. The Balaban J connectivity index is 1.64. The summed E-state index contributed by atoms with van der Waals surface area (Å²) in [5, 5.41) is 12.0. The Morgan fingerprint density at radius 1 is 0.935 bits per heavy atom. The highest BCUT2D eigenvalue weighted by Crippen LogP contribution is 2.23. The average Bonchev–Trinajstić information content (AvgIpc) is 3.34. The molecule has 0 aliphatic carbocycles. The van der Waals surface area contributed by atoms with Gasteiger partial charge in [0.25, 0.3) is 0 Å². The van der Waals surface area contributed by atoms with Crippen LogP contribution in [0.5, 0.6) is 11.5 Å². The molecule has 0 saturated carbocycles. The predicted octanol–water partition coefficient (Wildman–Crippen LogP) is 3.80. The Hall–Kier alpha value is -3.72. The minimum atomic E-state index is -0.314. The van der Waals surface area contributed by atoms with Gasteiger partial charge in [-0.15, -0.1) is 10.2 Å². The van der Waals surface area contributed by atoms with Crippen LogP contribution in [-0.4, -0.2) is 33.8 Å². The normalized spacial score (nSPS) is 10.6. The van der Waals surface area contributed by atoms with Crippen LogP contribution in [0.2, 0.25) is 0 Å². The molecule has 8 nitrogen and oxygen atoms in total. The third-order valence-corrected chi connectivity index (χ3v) is 5.48. The van der Waals surface area contributed by atoms with Gasteiger partial charge in [0.2, 0.25) is 11.0 Å². The van der Waals surface area contributed by atoms with Gasteiger partial charge < -0.3 is 14.8 Å². The molecule has 4 aromatic rings. The van der Waals surface area contributed by atoms with Gasteiger partial charge in [-0.3, -0.25) is 9.47 Å². The molecule has 0 aliphatic rings. The number of nitrogens with one attached hydrogen (secondary N) is 1. The molecule has 2 aromatic heterocycles. The van der Waals surface area contributed by atoms with E-state index in [1.54, 1.807) is 37.4 Å². The number of nitrogens with zero attached hydrogens (tertiary/aromatic N) is 4. The summed E-state index contributed by atoms with van der Waals surface area (Å²) in [6, 6.07) is 18.7. The van der Waals surface area contributed by atoms with Gasteiger partial charge >= 0.3 is 5.56 Å². The number of ether oxygens (including phenoxy) is 2. The first-order chi connectivity index (χ1) is 15.2. The Bertz CT molecular complexity index is 1210. The Morgan fingerprint density at radius 3 is 2.39 bits per heavy atom. The van der Waals surface area contributed by atoms with E-state index in [-0.39, 0.29) is 11.4 Å². The molecule has 0 bridgehead atoms. The third-order valence-electron chi connectivity index (χ3n) is 4.49. The highest BCUT2D eigenvalue weighted by atomic mass is 32.2. The molecule has 0 aliphatic heterocycles. The Labute approximate surface area is 183 Å². The van der Waals surface area contributed by atoms with E-state index < -0.39 is 0 Å². The molecule has 4 rings (SSSR count). The molecule has 158 valence electrons. The minimum absolute atomic E-state index is 0.121. The lowest BCUT2D eigenvalue weighted by Crippen LogP contribution is -2.30. The van der Waals surface area contributed by atoms with E-state index in [2.05, 4.69) is 15.5 Å². The van der Waals surface area contributed by atoms with E-state index in [4.69, 9.17) is 9.47 Å². The number of rotatable bonds is 8. The first-order valence-corrected chi connectivity index (χ1v) is 10.5. The van der Waals surface area contributed by atoms with Crippen molar-refractivity contribution in [3.63, 3.8) is 0 Å². The number of aromatic nitrogens is 4. The van der Waals surface area contributed by atoms with Crippen LogP contribution in [0.3, 0.4) is 0 Å². The first-order valence-electron chi connectivity index (χ1n) is 9.48. The molecule has 0 atom stereocenters. The van der Waals surface area contributed by atoms with Crippen molar-refractivity contribution in [3.8, 4) is 11.5 Å². The summed E-state index contributed by atoms with van der Waals surface area (Å²) in [7, 11) is 3.23. The molecular weight excluding hydrogens is 414 g/mol. The molecule has 9 heteroatoms. The summed E-state index contributed by atoms with van der Waals surface area (Å²) in [6.07, 6.45) is 3.58. The monoisotopic (exact) mass is 435 g/mol. The highest BCUT2D eigenvalue weighted by molar-refractivity contribution is 7.98. The van der Waals surface area contributed by atoms with Crippen LogP contribution in [0.15, 0.2) is 83.0 Å². The van der Waals surface area contributed by atoms with Gasteiger partial charge in [-0.2, -0.15) is 4.68 Å². The standard InChI is InChI=1S/C22H21N5O3S/c1-29-18-10-8-16(9-11-18)15-31-22-25-24-20(21(28)27(22)26-12-3-4-13-26)23-17-6-5-7-19(14-17)30-2/h3-14H,15H2,1-2H3,(H,23,24). The largest absolute Gasteiger partial charge is 0.497 e. The van der Waals surface area contributed by atoms with E-state index in [0.717, 1.165) is 11.3 Å². The van der Waals surface area contributed by atoms with Gasteiger partial charge in [-0.1, -0.05) is 30.0 Å². The quantitative estimate of drug-likeness (QED) is 0.422. The Kier molecular flexibility index (Phi) is 6.23. The topological polar surface area (TPSA) is 83.2 Å². The summed E-state index contributed by atoms with van der Waals surface area (Å²) >= 11 is 1.43. The molecule has 2 aromatic carbocycles. The lowest BCUT2D eigenvalue weighted by atomic mass is 10.2. The van der Waals surface area contributed by atoms with Crippen molar-refractivity contribution in [1.29, 1.82) is 0 Å². The summed E-state index contributed by atoms with van der Waals surface area (Å²) in [5.74, 6) is 2.22. The van der Waals surface area contributed by atoms with E-state index >= 15 is 0 Å². The number of hydrogen-bond donors (Lipinski definition) is 1. The smallest absolute Gasteiger partial charge is 0.316 e.